The number of hydrogen-bond acceptors (Lipinski definition) is 4. The predicted octanol–water partition coefficient (Wildman–Crippen LogP) is 2.37. The van der Waals surface area contributed by atoms with Gasteiger partial charge in [-0.25, -0.2) is 4.68 Å². The van der Waals surface area contributed by atoms with Crippen LogP contribution in [0.3, 0.4) is 0 Å². The third-order valence-corrected chi connectivity index (χ3v) is 4.94. The Bertz CT molecular complexity index is 708. The van der Waals surface area contributed by atoms with Crippen molar-refractivity contribution in [1.29, 1.82) is 0 Å². The molecule has 3 rings (SSSR count). The Kier molecular flexibility index (Phi) is 4.38. The van der Waals surface area contributed by atoms with Gasteiger partial charge >= 0.3 is 0 Å². The Hall–Kier alpha value is -1.95. The fraction of sp³-hybridized carbons (Fsp3) is 0.438. The lowest BCUT2D eigenvalue weighted by atomic mass is 10.0. The van der Waals surface area contributed by atoms with Crippen molar-refractivity contribution in [2.45, 2.75) is 38.8 Å². The zero-order chi connectivity index (χ0) is 15.5. The highest BCUT2D eigenvalue weighted by Gasteiger charge is 2.23. The molecule has 2 aromatic rings. The molecule has 1 unspecified atom stereocenters. The Morgan fingerprint density at radius 1 is 1.36 bits per heavy atom. The van der Waals surface area contributed by atoms with E-state index in [0.29, 0.717) is 0 Å². The van der Waals surface area contributed by atoms with E-state index in [-0.39, 0.29) is 24.1 Å². The van der Waals surface area contributed by atoms with Gasteiger partial charge in [0.15, 0.2) is 0 Å². The first-order valence-corrected chi connectivity index (χ1v) is 8.44. The summed E-state index contributed by atoms with van der Waals surface area (Å²) in [5, 5.41) is 6.31. The first-order valence-electron chi connectivity index (χ1n) is 7.56. The summed E-state index contributed by atoms with van der Waals surface area (Å²) in [6.45, 7) is 2.86. The number of piperidine rings is 1. The number of rotatable bonds is 3. The van der Waals surface area contributed by atoms with Gasteiger partial charge in [0.1, 0.15) is 12.2 Å². The van der Waals surface area contributed by atoms with E-state index in [1.807, 2.05) is 22.4 Å². The van der Waals surface area contributed by atoms with Gasteiger partial charge < -0.3 is 4.90 Å². The zero-order valence-corrected chi connectivity index (χ0v) is 13.4. The lowest BCUT2D eigenvalue weighted by molar-refractivity contribution is -0.135. The molecule has 1 amide bonds. The quantitative estimate of drug-likeness (QED) is 0.873. The summed E-state index contributed by atoms with van der Waals surface area (Å²) in [7, 11) is 0. The van der Waals surface area contributed by atoms with Crippen molar-refractivity contribution in [3.8, 4) is 10.6 Å². The van der Waals surface area contributed by atoms with Crippen LogP contribution < -0.4 is 5.56 Å². The standard InChI is InChI=1S/C16H19N3O2S/c1-12-5-2-3-9-18(12)16(21)11-19-15(20)8-7-13(17-19)14-6-4-10-22-14/h4,6-8,10,12H,2-3,5,9,11H2,1H3. The van der Waals surface area contributed by atoms with Crippen molar-refractivity contribution in [1.82, 2.24) is 14.7 Å². The first-order chi connectivity index (χ1) is 10.6. The summed E-state index contributed by atoms with van der Waals surface area (Å²) < 4.78 is 1.28. The molecule has 116 valence electrons. The number of hydrogen-bond donors (Lipinski definition) is 0. The van der Waals surface area contributed by atoms with E-state index in [4.69, 9.17) is 0 Å². The van der Waals surface area contributed by atoms with Gasteiger partial charge in [0.25, 0.3) is 5.56 Å². The van der Waals surface area contributed by atoms with Crippen LogP contribution in [-0.2, 0) is 11.3 Å². The molecule has 0 aromatic carbocycles. The fourth-order valence-electron chi connectivity index (χ4n) is 2.81. The Balaban J connectivity index is 1.81. The van der Waals surface area contributed by atoms with Crippen LogP contribution in [0.1, 0.15) is 26.2 Å². The molecule has 22 heavy (non-hydrogen) atoms. The second-order valence-electron chi connectivity index (χ2n) is 5.62. The third-order valence-electron chi connectivity index (χ3n) is 4.05. The smallest absolute Gasteiger partial charge is 0.267 e. The van der Waals surface area contributed by atoms with Crippen LogP contribution in [0.15, 0.2) is 34.4 Å². The molecule has 0 bridgehead atoms. The van der Waals surface area contributed by atoms with Crippen molar-refractivity contribution in [2.24, 2.45) is 0 Å². The lowest BCUT2D eigenvalue weighted by Gasteiger charge is -2.33. The molecule has 1 aliphatic rings. The Morgan fingerprint density at radius 2 is 2.23 bits per heavy atom. The highest BCUT2D eigenvalue weighted by atomic mass is 32.1. The number of nitrogens with zero attached hydrogens (tertiary/aromatic N) is 3. The molecule has 2 aromatic heterocycles. The number of thiophene rings is 1. The van der Waals surface area contributed by atoms with Gasteiger partial charge in [-0.3, -0.25) is 9.59 Å². The van der Waals surface area contributed by atoms with Gasteiger partial charge in [-0.1, -0.05) is 6.07 Å². The van der Waals surface area contributed by atoms with Crippen LogP contribution in [0.2, 0.25) is 0 Å². The SMILES string of the molecule is CC1CCCCN1C(=O)Cn1nc(-c2cccs2)ccc1=O. The summed E-state index contributed by atoms with van der Waals surface area (Å²) in [5.41, 5.74) is 0.493. The molecule has 0 aliphatic carbocycles. The second-order valence-corrected chi connectivity index (χ2v) is 6.57. The molecule has 6 heteroatoms. The predicted molar refractivity (Wildman–Crippen MR) is 86.8 cm³/mol. The zero-order valence-electron chi connectivity index (χ0n) is 12.6. The minimum absolute atomic E-state index is 0.0163. The molecule has 0 radical (unpaired) electrons. The molecule has 3 heterocycles. The van der Waals surface area contributed by atoms with E-state index in [9.17, 15) is 9.59 Å². The lowest BCUT2D eigenvalue weighted by Crippen LogP contribution is -2.45. The summed E-state index contributed by atoms with van der Waals surface area (Å²) in [4.78, 5) is 27.3. The molecule has 1 aliphatic heterocycles. The monoisotopic (exact) mass is 317 g/mol. The van der Waals surface area contributed by atoms with Gasteiger partial charge in [-0.15, -0.1) is 11.3 Å². The number of carbonyl (C=O) groups excluding carboxylic acids is 1. The second kappa shape index (κ2) is 6.44. The minimum atomic E-state index is -0.238. The summed E-state index contributed by atoms with van der Waals surface area (Å²) in [6, 6.07) is 7.33. The number of aromatic nitrogens is 2. The Morgan fingerprint density at radius 3 is 2.95 bits per heavy atom. The largest absolute Gasteiger partial charge is 0.338 e. The summed E-state index contributed by atoms with van der Waals surface area (Å²) in [6.07, 6.45) is 3.23. The average Bonchev–Trinajstić information content (AvgIpc) is 3.04. The van der Waals surface area contributed by atoms with Gasteiger partial charge in [-0.05, 0) is 43.7 Å². The van der Waals surface area contributed by atoms with Crippen molar-refractivity contribution in [3.05, 3.63) is 40.0 Å². The van der Waals surface area contributed by atoms with E-state index in [2.05, 4.69) is 12.0 Å². The molecule has 0 N–H and O–H groups in total. The number of likely N-dealkylation sites (tertiary alicyclic amines) is 1. The van der Waals surface area contributed by atoms with E-state index < -0.39 is 0 Å². The van der Waals surface area contributed by atoms with Gasteiger partial charge in [0.05, 0.1) is 4.88 Å². The van der Waals surface area contributed by atoms with Crippen molar-refractivity contribution in [2.75, 3.05) is 6.54 Å². The third kappa shape index (κ3) is 3.11. The van der Waals surface area contributed by atoms with E-state index in [0.717, 1.165) is 36.4 Å². The highest BCUT2D eigenvalue weighted by Crippen LogP contribution is 2.21. The Labute approximate surface area is 133 Å². The maximum absolute atomic E-state index is 12.5. The maximum Gasteiger partial charge on any atom is 0.267 e. The maximum atomic E-state index is 12.5. The van der Waals surface area contributed by atoms with Crippen LogP contribution in [-0.4, -0.2) is 33.2 Å². The average molecular weight is 317 g/mol. The normalized spacial score (nSPS) is 18.4. The van der Waals surface area contributed by atoms with Crippen LogP contribution in [0.5, 0.6) is 0 Å². The van der Waals surface area contributed by atoms with Crippen LogP contribution in [0.25, 0.3) is 10.6 Å². The molecular weight excluding hydrogens is 298 g/mol. The first kappa shape index (κ1) is 15.0. The number of carbonyl (C=O) groups is 1. The van der Waals surface area contributed by atoms with E-state index in [1.165, 1.54) is 10.7 Å². The van der Waals surface area contributed by atoms with Crippen LogP contribution in [0.4, 0.5) is 0 Å². The number of amides is 1. The van der Waals surface area contributed by atoms with Gasteiger partial charge in [0, 0.05) is 18.7 Å². The highest BCUT2D eigenvalue weighted by molar-refractivity contribution is 7.13. The topological polar surface area (TPSA) is 55.2 Å². The molecule has 1 saturated heterocycles. The molecule has 5 nitrogen and oxygen atoms in total. The molecule has 1 atom stereocenters. The minimum Gasteiger partial charge on any atom is -0.338 e. The van der Waals surface area contributed by atoms with Crippen molar-refractivity contribution >= 4 is 17.2 Å². The molecule has 0 saturated carbocycles. The summed E-state index contributed by atoms with van der Waals surface area (Å²) >= 11 is 1.56. The van der Waals surface area contributed by atoms with E-state index >= 15 is 0 Å². The van der Waals surface area contributed by atoms with Gasteiger partial charge in [0.2, 0.25) is 5.91 Å². The molecule has 0 spiro atoms. The van der Waals surface area contributed by atoms with Crippen LogP contribution >= 0.6 is 11.3 Å². The van der Waals surface area contributed by atoms with Crippen LogP contribution in [0, 0.1) is 0 Å². The van der Waals surface area contributed by atoms with E-state index in [1.54, 1.807) is 17.4 Å². The fourth-order valence-corrected chi connectivity index (χ4v) is 3.50. The van der Waals surface area contributed by atoms with Crippen molar-refractivity contribution < 1.29 is 4.79 Å². The molecular formula is C16H19N3O2S. The van der Waals surface area contributed by atoms with Crippen molar-refractivity contribution in [3.63, 3.8) is 0 Å². The molecule has 1 fully saturated rings. The summed E-state index contributed by atoms with van der Waals surface area (Å²) in [5.74, 6) is -0.0230. The van der Waals surface area contributed by atoms with Gasteiger partial charge in [-0.2, -0.15) is 5.10 Å².